The fourth-order valence-electron chi connectivity index (χ4n) is 2.05. The molecule has 0 aromatic rings. The Morgan fingerprint density at radius 1 is 1.23 bits per heavy atom. The molecule has 1 saturated heterocycles. The third-order valence-electron chi connectivity index (χ3n) is 3.64. The van der Waals surface area contributed by atoms with Crippen molar-refractivity contribution in [2.75, 3.05) is 19.7 Å². The molecule has 0 aromatic heterocycles. The zero-order chi connectivity index (χ0) is 9.90. The van der Waals surface area contributed by atoms with E-state index in [1.807, 2.05) is 0 Å². The highest BCUT2D eigenvalue weighted by molar-refractivity contribution is 4.89. The van der Waals surface area contributed by atoms with Gasteiger partial charge in [-0.2, -0.15) is 0 Å². The van der Waals surface area contributed by atoms with Gasteiger partial charge in [-0.1, -0.05) is 20.3 Å². The first-order valence-corrected chi connectivity index (χ1v) is 5.47. The zero-order valence-electron chi connectivity index (χ0n) is 9.21. The topological polar surface area (TPSA) is 23.5 Å². The van der Waals surface area contributed by atoms with E-state index in [1.54, 1.807) is 0 Å². The number of rotatable bonds is 3. The van der Waals surface area contributed by atoms with Crippen molar-refractivity contribution in [3.05, 3.63) is 0 Å². The second-order valence-corrected chi connectivity index (χ2v) is 4.72. The maximum atomic E-state index is 9.47. The minimum atomic E-state index is 0.000417. The van der Waals surface area contributed by atoms with Crippen molar-refractivity contribution in [2.45, 2.75) is 45.6 Å². The van der Waals surface area contributed by atoms with Crippen molar-refractivity contribution < 1.29 is 5.11 Å². The minimum absolute atomic E-state index is 0.000417. The second-order valence-electron chi connectivity index (χ2n) is 4.72. The summed E-state index contributed by atoms with van der Waals surface area (Å²) in [4.78, 5) is 2.46. The van der Waals surface area contributed by atoms with Crippen molar-refractivity contribution in [1.29, 1.82) is 0 Å². The van der Waals surface area contributed by atoms with Crippen molar-refractivity contribution >= 4 is 0 Å². The second kappa shape index (κ2) is 4.43. The van der Waals surface area contributed by atoms with E-state index in [1.165, 1.54) is 19.3 Å². The standard InChI is InChI=1S/C11H23NO/c1-10(2)11(3,9-13)12-7-5-4-6-8-12/h10,13H,4-9H2,1-3H3. The van der Waals surface area contributed by atoms with E-state index < -0.39 is 0 Å². The summed E-state index contributed by atoms with van der Waals surface area (Å²) in [5.74, 6) is 0.524. The van der Waals surface area contributed by atoms with Gasteiger partial charge in [0.2, 0.25) is 0 Å². The molecule has 1 aliphatic heterocycles. The van der Waals surface area contributed by atoms with E-state index in [0.29, 0.717) is 5.92 Å². The third kappa shape index (κ3) is 2.23. The Morgan fingerprint density at radius 2 is 1.77 bits per heavy atom. The molecule has 1 aliphatic rings. The molecule has 0 spiro atoms. The van der Waals surface area contributed by atoms with E-state index in [-0.39, 0.29) is 12.1 Å². The zero-order valence-corrected chi connectivity index (χ0v) is 9.21. The molecule has 2 nitrogen and oxygen atoms in total. The molecule has 0 saturated carbocycles. The normalized spacial score (nSPS) is 24.7. The van der Waals surface area contributed by atoms with Crippen molar-refractivity contribution in [2.24, 2.45) is 5.92 Å². The van der Waals surface area contributed by atoms with Crippen LogP contribution in [0.2, 0.25) is 0 Å². The molecule has 0 radical (unpaired) electrons. The first-order valence-electron chi connectivity index (χ1n) is 5.47. The van der Waals surface area contributed by atoms with Crippen LogP contribution in [0.25, 0.3) is 0 Å². The van der Waals surface area contributed by atoms with Crippen LogP contribution in [0.1, 0.15) is 40.0 Å². The van der Waals surface area contributed by atoms with E-state index in [0.717, 1.165) is 13.1 Å². The summed E-state index contributed by atoms with van der Waals surface area (Å²) in [6.07, 6.45) is 3.95. The highest BCUT2D eigenvalue weighted by Crippen LogP contribution is 2.27. The average molecular weight is 185 g/mol. The van der Waals surface area contributed by atoms with Crippen LogP contribution >= 0.6 is 0 Å². The molecular formula is C11H23NO. The number of likely N-dealkylation sites (tertiary alicyclic amines) is 1. The molecular weight excluding hydrogens is 162 g/mol. The Kier molecular flexibility index (Phi) is 3.74. The Balaban J connectivity index is 2.62. The molecule has 0 aromatic carbocycles. The monoisotopic (exact) mass is 185 g/mol. The SMILES string of the molecule is CC(C)C(C)(CO)N1CCCCC1. The Bertz CT molecular complexity index is 152. The van der Waals surface area contributed by atoms with Gasteiger partial charge in [-0.25, -0.2) is 0 Å². The van der Waals surface area contributed by atoms with E-state index in [9.17, 15) is 5.11 Å². The van der Waals surface area contributed by atoms with Gasteiger partial charge in [0.25, 0.3) is 0 Å². The number of hydrogen-bond donors (Lipinski definition) is 1. The maximum Gasteiger partial charge on any atom is 0.0615 e. The smallest absolute Gasteiger partial charge is 0.0615 e. The lowest BCUT2D eigenvalue weighted by Crippen LogP contribution is -2.54. The summed E-state index contributed by atoms with van der Waals surface area (Å²) in [6.45, 7) is 9.19. The minimum Gasteiger partial charge on any atom is -0.394 e. The van der Waals surface area contributed by atoms with Gasteiger partial charge in [-0.15, -0.1) is 0 Å². The number of hydrogen-bond acceptors (Lipinski definition) is 2. The van der Waals surface area contributed by atoms with Crippen LogP contribution in [0, 0.1) is 5.92 Å². The van der Waals surface area contributed by atoms with Crippen LogP contribution in [0.5, 0.6) is 0 Å². The highest BCUT2D eigenvalue weighted by atomic mass is 16.3. The predicted octanol–water partition coefficient (Wildman–Crippen LogP) is 1.88. The van der Waals surface area contributed by atoms with Crippen molar-refractivity contribution in [1.82, 2.24) is 4.90 Å². The predicted molar refractivity (Wildman–Crippen MR) is 55.8 cm³/mol. The van der Waals surface area contributed by atoms with Gasteiger partial charge in [0, 0.05) is 5.54 Å². The lowest BCUT2D eigenvalue weighted by molar-refractivity contribution is -0.00364. The number of aliphatic hydroxyl groups excluding tert-OH is 1. The Labute approximate surface area is 81.9 Å². The van der Waals surface area contributed by atoms with Gasteiger partial charge in [0.15, 0.2) is 0 Å². The molecule has 1 heterocycles. The van der Waals surface area contributed by atoms with Crippen LogP contribution < -0.4 is 0 Å². The Morgan fingerprint density at radius 3 is 2.15 bits per heavy atom. The summed E-state index contributed by atoms with van der Waals surface area (Å²) in [5.41, 5.74) is 0.000417. The largest absolute Gasteiger partial charge is 0.394 e. The quantitative estimate of drug-likeness (QED) is 0.725. The van der Waals surface area contributed by atoms with Crippen LogP contribution in [-0.4, -0.2) is 35.2 Å². The lowest BCUT2D eigenvalue weighted by atomic mass is 9.86. The van der Waals surface area contributed by atoms with Crippen LogP contribution in [0.4, 0.5) is 0 Å². The average Bonchev–Trinajstić information content (AvgIpc) is 2.17. The first-order chi connectivity index (χ1) is 6.11. The molecule has 0 amide bonds. The molecule has 1 rings (SSSR count). The number of piperidine rings is 1. The van der Waals surface area contributed by atoms with E-state index in [2.05, 4.69) is 25.7 Å². The Hall–Kier alpha value is -0.0800. The van der Waals surface area contributed by atoms with Gasteiger partial charge in [-0.3, -0.25) is 4.90 Å². The molecule has 1 atom stereocenters. The van der Waals surface area contributed by atoms with E-state index >= 15 is 0 Å². The fourth-order valence-corrected chi connectivity index (χ4v) is 2.05. The van der Waals surface area contributed by atoms with Gasteiger partial charge in [-0.05, 0) is 38.8 Å². The molecule has 0 bridgehead atoms. The van der Waals surface area contributed by atoms with Crippen molar-refractivity contribution in [3.63, 3.8) is 0 Å². The summed E-state index contributed by atoms with van der Waals surface area (Å²) >= 11 is 0. The van der Waals surface area contributed by atoms with Gasteiger partial charge < -0.3 is 5.11 Å². The lowest BCUT2D eigenvalue weighted by Gasteiger charge is -2.45. The summed E-state index contributed by atoms with van der Waals surface area (Å²) < 4.78 is 0. The van der Waals surface area contributed by atoms with Gasteiger partial charge in [0.05, 0.1) is 6.61 Å². The molecule has 2 heteroatoms. The van der Waals surface area contributed by atoms with Crippen LogP contribution in [0.3, 0.4) is 0 Å². The first kappa shape index (κ1) is 11.0. The maximum absolute atomic E-state index is 9.47. The number of nitrogens with zero attached hydrogens (tertiary/aromatic N) is 1. The molecule has 1 unspecified atom stereocenters. The number of aliphatic hydroxyl groups is 1. The van der Waals surface area contributed by atoms with Gasteiger partial charge in [0.1, 0.15) is 0 Å². The molecule has 0 aliphatic carbocycles. The molecule has 1 fully saturated rings. The molecule has 78 valence electrons. The summed E-state index contributed by atoms with van der Waals surface area (Å²) in [6, 6.07) is 0. The summed E-state index contributed by atoms with van der Waals surface area (Å²) in [5, 5.41) is 9.47. The fraction of sp³-hybridized carbons (Fsp3) is 1.00. The van der Waals surface area contributed by atoms with Gasteiger partial charge >= 0.3 is 0 Å². The molecule has 1 N–H and O–H groups in total. The molecule has 13 heavy (non-hydrogen) atoms. The van der Waals surface area contributed by atoms with Crippen LogP contribution in [-0.2, 0) is 0 Å². The third-order valence-corrected chi connectivity index (χ3v) is 3.64. The van der Waals surface area contributed by atoms with E-state index in [4.69, 9.17) is 0 Å². The van der Waals surface area contributed by atoms with Crippen molar-refractivity contribution in [3.8, 4) is 0 Å². The summed E-state index contributed by atoms with van der Waals surface area (Å²) in [7, 11) is 0. The van der Waals surface area contributed by atoms with Crippen LogP contribution in [0.15, 0.2) is 0 Å². The highest BCUT2D eigenvalue weighted by Gasteiger charge is 2.34.